The van der Waals surface area contributed by atoms with Crippen LogP contribution >= 0.6 is 0 Å². The van der Waals surface area contributed by atoms with Crippen molar-refractivity contribution in [1.82, 2.24) is 0 Å². The predicted molar refractivity (Wildman–Crippen MR) is 131 cm³/mol. The van der Waals surface area contributed by atoms with Crippen molar-refractivity contribution < 1.29 is 4.79 Å². The standard InChI is InChI=1S/C25H32N6O/c1-3-17-10-8-11-18(4-2)21(17)28-22(32)19-12-9-13-20(16-19)31-24(27)29-23(26)30-25(31)14-6-5-7-15-25/h8-13,16H,3-7,14-15H2,1-2H3,(H,28,32)(H4,26,27,29,30). The molecule has 2 aromatic rings. The van der Waals surface area contributed by atoms with Crippen LogP contribution < -0.4 is 21.7 Å². The Hall–Kier alpha value is -3.35. The first-order valence-electron chi connectivity index (χ1n) is 11.5. The number of nitrogens with one attached hydrogen (secondary N) is 1. The lowest BCUT2D eigenvalue weighted by Crippen LogP contribution is -2.58. The van der Waals surface area contributed by atoms with Gasteiger partial charge in [-0.05, 0) is 67.9 Å². The van der Waals surface area contributed by atoms with Crippen molar-refractivity contribution in [1.29, 1.82) is 0 Å². The van der Waals surface area contributed by atoms with Crippen LogP contribution in [0.1, 0.15) is 67.4 Å². The van der Waals surface area contributed by atoms with Crippen LogP contribution in [0.2, 0.25) is 0 Å². The van der Waals surface area contributed by atoms with Crippen LogP contribution in [0, 0.1) is 0 Å². The third kappa shape index (κ3) is 4.07. The van der Waals surface area contributed by atoms with E-state index in [-0.39, 0.29) is 11.9 Å². The van der Waals surface area contributed by atoms with Crippen LogP contribution in [-0.2, 0) is 12.8 Å². The van der Waals surface area contributed by atoms with Crippen LogP contribution in [0.4, 0.5) is 11.4 Å². The van der Waals surface area contributed by atoms with Crippen molar-refractivity contribution >= 4 is 29.2 Å². The fraction of sp³-hybridized carbons (Fsp3) is 0.400. The van der Waals surface area contributed by atoms with Gasteiger partial charge in [-0.1, -0.05) is 44.5 Å². The second kappa shape index (κ2) is 9.02. The maximum atomic E-state index is 13.2. The third-order valence-corrected chi connectivity index (χ3v) is 6.46. The molecule has 7 nitrogen and oxygen atoms in total. The summed E-state index contributed by atoms with van der Waals surface area (Å²) in [5.41, 5.74) is 16.3. The Labute approximate surface area is 189 Å². The van der Waals surface area contributed by atoms with Gasteiger partial charge in [-0.3, -0.25) is 9.69 Å². The average molecular weight is 433 g/mol. The summed E-state index contributed by atoms with van der Waals surface area (Å²) >= 11 is 0. The van der Waals surface area contributed by atoms with Gasteiger partial charge in [0.2, 0.25) is 11.9 Å². The number of nitrogens with zero attached hydrogens (tertiary/aromatic N) is 3. The molecule has 1 saturated carbocycles. The largest absolute Gasteiger partial charge is 0.369 e. The normalized spacial score (nSPS) is 17.6. The number of para-hydroxylation sites is 1. The summed E-state index contributed by atoms with van der Waals surface area (Å²) < 4.78 is 0. The maximum Gasteiger partial charge on any atom is 0.255 e. The molecule has 0 aromatic heterocycles. The van der Waals surface area contributed by atoms with E-state index in [4.69, 9.17) is 16.5 Å². The van der Waals surface area contributed by atoms with E-state index in [1.165, 1.54) is 6.42 Å². The number of anilines is 2. The quantitative estimate of drug-likeness (QED) is 0.658. The van der Waals surface area contributed by atoms with Crippen LogP contribution in [-0.4, -0.2) is 23.5 Å². The zero-order chi connectivity index (χ0) is 22.7. The molecule has 1 fully saturated rings. The molecule has 0 atom stereocenters. The molecule has 168 valence electrons. The van der Waals surface area contributed by atoms with Gasteiger partial charge >= 0.3 is 0 Å². The number of amides is 1. The predicted octanol–water partition coefficient (Wildman–Crippen LogP) is 4.17. The van der Waals surface area contributed by atoms with Crippen LogP contribution in [0.3, 0.4) is 0 Å². The Morgan fingerprint density at radius 3 is 2.34 bits per heavy atom. The lowest BCUT2D eigenvalue weighted by Gasteiger charge is -2.45. The molecule has 2 aliphatic rings. The van der Waals surface area contributed by atoms with E-state index in [0.29, 0.717) is 11.5 Å². The molecule has 0 unspecified atom stereocenters. The summed E-state index contributed by atoms with van der Waals surface area (Å²) in [4.78, 5) is 24.1. The Kier molecular flexibility index (Phi) is 6.17. The molecule has 1 aliphatic heterocycles. The van der Waals surface area contributed by atoms with Gasteiger partial charge in [0.15, 0.2) is 0 Å². The molecule has 1 heterocycles. The minimum atomic E-state index is -0.534. The van der Waals surface area contributed by atoms with Crippen molar-refractivity contribution in [2.45, 2.75) is 64.5 Å². The third-order valence-electron chi connectivity index (χ3n) is 6.46. The summed E-state index contributed by atoms with van der Waals surface area (Å²) in [5, 5.41) is 3.15. The number of carbonyl (C=O) groups excluding carboxylic acids is 1. The number of hydrogen-bond donors (Lipinski definition) is 3. The number of rotatable bonds is 5. The van der Waals surface area contributed by atoms with E-state index in [9.17, 15) is 4.79 Å². The minimum Gasteiger partial charge on any atom is -0.369 e. The molecule has 7 heteroatoms. The number of nitrogens with two attached hydrogens (primary N) is 2. The Balaban J connectivity index is 1.67. The van der Waals surface area contributed by atoms with Crippen LogP contribution in [0.15, 0.2) is 52.4 Å². The van der Waals surface area contributed by atoms with Gasteiger partial charge in [0.05, 0.1) is 0 Å². The Morgan fingerprint density at radius 1 is 1.03 bits per heavy atom. The molecule has 0 bridgehead atoms. The average Bonchev–Trinajstić information content (AvgIpc) is 2.79. The summed E-state index contributed by atoms with van der Waals surface area (Å²) in [6, 6.07) is 13.7. The van der Waals surface area contributed by atoms with Gasteiger partial charge in [-0.15, -0.1) is 0 Å². The van der Waals surface area contributed by atoms with Crippen molar-refractivity contribution in [3.63, 3.8) is 0 Å². The first-order valence-corrected chi connectivity index (χ1v) is 11.5. The lowest BCUT2D eigenvalue weighted by molar-refractivity contribution is 0.102. The molecule has 0 radical (unpaired) electrons. The molecule has 2 aromatic carbocycles. The van der Waals surface area contributed by atoms with E-state index in [0.717, 1.165) is 61.0 Å². The molecule has 1 amide bonds. The Morgan fingerprint density at radius 2 is 1.69 bits per heavy atom. The molecule has 1 spiro atoms. The van der Waals surface area contributed by atoms with Gasteiger partial charge in [-0.25, -0.2) is 4.99 Å². The van der Waals surface area contributed by atoms with Gasteiger partial charge in [0.1, 0.15) is 5.66 Å². The van der Waals surface area contributed by atoms with Gasteiger partial charge in [0, 0.05) is 16.9 Å². The summed E-state index contributed by atoms with van der Waals surface area (Å²) in [6.07, 6.45) is 6.68. The second-order valence-electron chi connectivity index (χ2n) is 8.48. The summed E-state index contributed by atoms with van der Waals surface area (Å²) in [7, 11) is 0. The number of aliphatic imine (C=N–C) groups is 2. The van der Waals surface area contributed by atoms with Crippen molar-refractivity contribution in [2.24, 2.45) is 21.5 Å². The number of hydrogen-bond acceptors (Lipinski definition) is 6. The van der Waals surface area contributed by atoms with Crippen LogP contribution in [0.5, 0.6) is 0 Å². The minimum absolute atomic E-state index is 0.143. The summed E-state index contributed by atoms with van der Waals surface area (Å²) in [5.74, 6) is 0.398. The second-order valence-corrected chi connectivity index (χ2v) is 8.48. The zero-order valence-corrected chi connectivity index (χ0v) is 18.9. The van der Waals surface area contributed by atoms with Gasteiger partial charge in [-0.2, -0.15) is 4.99 Å². The van der Waals surface area contributed by atoms with Crippen molar-refractivity contribution in [2.75, 3.05) is 10.2 Å². The van der Waals surface area contributed by atoms with Gasteiger partial charge < -0.3 is 16.8 Å². The molecular weight excluding hydrogens is 400 g/mol. The highest BCUT2D eigenvalue weighted by Crippen LogP contribution is 2.39. The van der Waals surface area contributed by atoms with Crippen molar-refractivity contribution in [3.05, 3.63) is 59.2 Å². The van der Waals surface area contributed by atoms with E-state index < -0.39 is 5.66 Å². The zero-order valence-electron chi connectivity index (χ0n) is 18.9. The lowest BCUT2D eigenvalue weighted by atomic mass is 9.87. The van der Waals surface area contributed by atoms with E-state index in [1.807, 2.05) is 35.2 Å². The van der Waals surface area contributed by atoms with Gasteiger partial charge in [0.25, 0.3) is 5.91 Å². The van der Waals surface area contributed by atoms with E-state index >= 15 is 0 Å². The number of benzene rings is 2. The first-order chi connectivity index (χ1) is 15.5. The highest BCUT2D eigenvalue weighted by Gasteiger charge is 2.42. The monoisotopic (exact) mass is 432 g/mol. The van der Waals surface area contributed by atoms with E-state index in [2.05, 4.69) is 36.3 Å². The molecular formula is C25H32N6O. The smallest absolute Gasteiger partial charge is 0.255 e. The molecule has 4 rings (SSSR count). The van der Waals surface area contributed by atoms with Crippen molar-refractivity contribution in [3.8, 4) is 0 Å². The topological polar surface area (TPSA) is 109 Å². The number of aryl methyl sites for hydroxylation is 2. The first kappa shape index (κ1) is 21.9. The highest BCUT2D eigenvalue weighted by molar-refractivity contribution is 6.08. The SMILES string of the molecule is CCc1cccc(CC)c1NC(=O)c1cccc(N2C(N)=NC(N)=NC23CCCCC3)c1. The molecule has 5 N–H and O–H groups in total. The van der Waals surface area contributed by atoms with Crippen LogP contribution in [0.25, 0.3) is 0 Å². The number of carbonyl (C=O) groups is 1. The summed E-state index contributed by atoms with van der Waals surface area (Å²) in [6.45, 7) is 4.19. The van der Waals surface area contributed by atoms with E-state index in [1.54, 1.807) is 0 Å². The molecule has 1 aliphatic carbocycles. The Bertz CT molecular complexity index is 1050. The maximum absolute atomic E-state index is 13.2. The highest BCUT2D eigenvalue weighted by atomic mass is 16.1. The number of guanidine groups is 2. The molecule has 32 heavy (non-hydrogen) atoms. The molecule has 0 saturated heterocycles. The fourth-order valence-corrected chi connectivity index (χ4v) is 4.87. The fourth-order valence-electron chi connectivity index (χ4n) is 4.87.